The topological polar surface area (TPSA) is 55.2 Å². The van der Waals surface area contributed by atoms with E-state index in [0.29, 0.717) is 16.3 Å². The molecule has 0 atom stereocenters. The molecule has 1 heterocycles. The van der Waals surface area contributed by atoms with Crippen LogP contribution in [0.4, 0.5) is 0 Å². The van der Waals surface area contributed by atoms with Crippen LogP contribution in [0.25, 0.3) is 11.4 Å². The van der Waals surface area contributed by atoms with Gasteiger partial charge in [0, 0.05) is 15.6 Å². The molecule has 0 aliphatic carbocycles. The van der Waals surface area contributed by atoms with Crippen LogP contribution >= 0.6 is 44.1 Å². The molecule has 5 nitrogen and oxygen atoms in total. The van der Waals surface area contributed by atoms with Crippen LogP contribution in [0, 0.1) is 4.77 Å². The first-order valence-corrected chi connectivity index (χ1v) is 8.90. The second kappa shape index (κ2) is 7.42. The number of nitrogens with one attached hydrogen (secondary N) is 1. The third-order valence-electron chi connectivity index (χ3n) is 3.24. The fraction of sp³-hybridized carbons (Fsp3) is 0.0625. The molecule has 0 spiro atoms. The number of nitrogens with zero attached hydrogens (tertiary/aromatic N) is 3. The molecule has 8 heteroatoms. The molecule has 3 rings (SSSR count). The quantitative estimate of drug-likeness (QED) is 0.432. The lowest BCUT2D eigenvalue weighted by Gasteiger charge is -2.08. The van der Waals surface area contributed by atoms with Gasteiger partial charge in [-0.2, -0.15) is 14.9 Å². The lowest BCUT2D eigenvalue weighted by molar-refractivity contribution is 0.411. The van der Waals surface area contributed by atoms with Crippen molar-refractivity contribution in [3.05, 3.63) is 61.7 Å². The Balaban J connectivity index is 2.06. The average Bonchev–Trinajstić information content (AvgIpc) is 2.94. The number of hydrogen-bond acceptors (Lipinski definition) is 4. The van der Waals surface area contributed by atoms with E-state index in [-0.39, 0.29) is 0 Å². The number of hydrogen-bond donors (Lipinski definition) is 1. The number of halogens is 2. The fourth-order valence-corrected chi connectivity index (χ4v) is 3.78. The van der Waals surface area contributed by atoms with Crippen molar-refractivity contribution in [1.82, 2.24) is 14.9 Å². The minimum atomic E-state index is 0.415. The summed E-state index contributed by atoms with van der Waals surface area (Å²) < 4.78 is 9.17. The molecular formula is C16H12Br2N4OS. The Morgan fingerprint density at radius 2 is 2.00 bits per heavy atom. The van der Waals surface area contributed by atoms with E-state index in [1.165, 1.54) is 0 Å². The molecule has 0 unspecified atom stereocenters. The molecule has 2 aromatic carbocycles. The summed E-state index contributed by atoms with van der Waals surface area (Å²) in [6, 6.07) is 13.6. The summed E-state index contributed by atoms with van der Waals surface area (Å²) >= 11 is 12.2. The number of benzene rings is 2. The van der Waals surface area contributed by atoms with Gasteiger partial charge in [-0.15, -0.1) is 0 Å². The van der Waals surface area contributed by atoms with E-state index < -0.39 is 0 Å². The largest absolute Gasteiger partial charge is 0.495 e. The number of aromatic nitrogens is 3. The van der Waals surface area contributed by atoms with Crippen molar-refractivity contribution < 1.29 is 4.74 Å². The summed E-state index contributed by atoms with van der Waals surface area (Å²) in [5.74, 6) is 1.34. The highest BCUT2D eigenvalue weighted by molar-refractivity contribution is 9.11. The minimum absolute atomic E-state index is 0.415. The summed E-state index contributed by atoms with van der Waals surface area (Å²) in [7, 11) is 1.62. The van der Waals surface area contributed by atoms with E-state index in [9.17, 15) is 0 Å². The second-order valence-electron chi connectivity index (χ2n) is 4.78. The summed E-state index contributed by atoms with van der Waals surface area (Å²) in [6.45, 7) is 0. The van der Waals surface area contributed by atoms with E-state index in [1.54, 1.807) is 18.0 Å². The molecule has 1 aromatic heterocycles. The molecule has 122 valence electrons. The van der Waals surface area contributed by atoms with Gasteiger partial charge in [0.15, 0.2) is 5.82 Å². The normalized spacial score (nSPS) is 11.1. The maximum atomic E-state index is 5.43. The molecule has 3 aromatic rings. The Bertz CT molecular complexity index is 950. The third kappa shape index (κ3) is 3.50. The SMILES string of the molecule is COc1c(Br)cc(Br)cc1/C=N/n1c(-c2ccccc2)n[nH]c1=S. The predicted octanol–water partition coefficient (Wildman–Crippen LogP) is 5.02. The fourth-order valence-electron chi connectivity index (χ4n) is 2.18. The van der Waals surface area contributed by atoms with Gasteiger partial charge in [-0.25, -0.2) is 5.10 Å². The monoisotopic (exact) mass is 466 g/mol. The van der Waals surface area contributed by atoms with Gasteiger partial charge in [-0.3, -0.25) is 0 Å². The summed E-state index contributed by atoms with van der Waals surface area (Å²) in [6.07, 6.45) is 1.69. The first kappa shape index (κ1) is 17.1. The zero-order valence-corrected chi connectivity index (χ0v) is 16.5. The van der Waals surface area contributed by atoms with Gasteiger partial charge in [-0.1, -0.05) is 46.3 Å². The van der Waals surface area contributed by atoms with Crippen molar-refractivity contribution in [3.63, 3.8) is 0 Å². The van der Waals surface area contributed by atoms with Crippen molar-refractivity contribution in [1.29, 1.82) is 0 Å². The number of methoxy groups -OCH3 is 1. The van der Waals surface area contributed by atoms with Gasteiger partial charge in [-0.05, 0) is 40.3 Å². The molecule has 0 radical (unpaired) electrons. The lowest BCUT2D eigenvalue weighted by Crippen LogP contribution is -1.97. The van der Waals surface area contributed by atoms with Gasteiger partial charge in [0.2, 0.25) is 4.77 Å². The number of rotatable bonds is 4. The van der Waals surface area contributed by atoms with E-state index in [1.807, 2.05) is 42.5 Å². The molecule has 0 aliphatic rings. The van der Waals surface area contributed by atoms with E-state index in [0.717, 1.165) is 20.1 Å². The molecule has 1 N–H and O–H groups in total. The third-order valence-corrected chi connectivity index (χ3v) is 4.55. The Labute approximate surface area is 160 Å². The van der Waals surface area contributed by atoms with Crippen molar-refractivity contribution >= 4 is 50.3 Å². The number of aromatic amines is 1. The zero-order valence-electron chi connectivity index (χ0n) is 12.5. The van der Waals surface area contributed by atoms with Crippen LogP contribution < -0.4 is 4.74 Å². The Hall–Kier alpha value is -1.77. The first-order valence-electron chi connectivity index (χ1n) is 6.90. The van der Waals surface area contributed by atoms with Crippen LogP contribution in [0.2, 0.25) is 0 Å². The molecule has 0 bridgehead atoms. The van der Waals surface area contributed by atoms with Crippen LogP contribution in [-0.2, 0) is 0 Å². The standard InChI is InChI=1S/C16H12Br2N4OS/c1-23-14-11(7-12(17)8-13(14)18)9-19-22-15(20-21-16(22)24)10-5-3-2-4-6-10/h2-9H,1H3,(H,21,24)/b19-9+. The van der Waals surface area contributed by atoms with E-state index in [2.05, 4.69) is 47.2 Å². The Kier molecular flexibility index (Phi) is 5.27. The minimum Gasteiger partial charge on any atom is -0.495 e. The summed E-state index contributed by atoms with van der Waals surface area (Å²) in [5.41, 5.74) is 1.73. The molecule has 0 saturated carbocycles. The van der Waals surface area contributed by atoms with Gasteiger partial charge in [0.1, 0.15) is 5.75 Å². The van der Waals surface area contributed by atoms with Crippen LogP contribution in [0.15, 0.2) is 56.5 Å². The molecule has 0 amide bonds. The van der Waals surface area contributed by atoms with Crippen molar-refractivity contribution in [3.8, 4) is 17.1 Å². The van der Waals surface area contributed by atoms with Crippen LogP contribution in [0.3, 0.4) is 0 Å². The smallest absolute Gasteiger partial charge is 0.216 e. The highest BCUT2D eigenvalue weighted by Crippen LogP contribution is 2.31. The Morgan fingerprint density at radius 1 is 1.25 bits per heavy atom. The maximum absolute atomic E-state index is 5.43. The maximum Gasteiger partial charge on any atom is 0.216 e. The highest BCUT2D eigenvalue weighted by atomic mass is 79.9. The number of ether oxygens (including phenoxy) is 1. The van der Waals surface area contributed by atoms with Crippen molar-refractivity contribution in [2.75, 3.05) is 7.11 Å². The molecule has 0 fully saturated rings. The predicted molar refractivity (Wildman–Crippen MR) is 104 cm³/mol. The van der Waals surface area contributed by atoms with E-state index in [4.69, 9.17) is 17.0 Å². The first-order chi connectivity index (χ1) is 11.6. The average molecular weight is 468 g/mol. The van der Waals surface area contributed by atoms with Gasteiger partial charge in [0.05, 0.1) is 17.8 Å². The van der Waals surface area contributed by atoms with Crippen molar-refractivity contribution in [2.24, 2.45) is 5.10 Å². The molecular weight excluding hydrogens is 456 g/mol. The van der Waals surface area contributed by atoms with Crippen LogP contribution in [-0.4, -0.2) is 28.2 Å². The van der Waals surface area contributed by atoms with E-state index >= 15 is 0 Å². The summed E-state index contributed by atoms with van der Waals surface area (Å²) in [4.78, 5) is 0. The zero-order chi connectivity index (χ0) is 17.1. The lowest BCUT2D eigenvalue weighted by atomic mass is 10.2. The highest BCUT2D eigenvalue weighted by Gasteiger charge is 2.10. The molecule has 0 saturated heterocycles. The molecule has 0 aliphatic heterocycles. The second-order valence-corrected chi connectivity index (χ2v) is 6.94. The number of H-pyrrole nitrogens is 1. The van der Waals surface area contributed by atoms with Gasteiger partial charge >= 0.3 is 0 Å². The van der Waals surface area contributed by atoms with Gasteiger partial charge < -0.3 is 4.74 Å². The van der Waals surface area contributed by atoms with Crippen LogP contribution in [0.1, 0.15) is 5.56 Å². The van der Waals surface area contributed by atoms with Crippen molar-refractivity contribution in [2.45, 2.75) is 0 Å². The molecule has 24 heavy (non-hydrogen) atoms. The van der Waals surface area contributed by atoms with Crippen LogP contribution in [0.5, 0.6) is 5.75 Å². The summed E-state index contributed by atoms with van der Waals surface area (Å²) in [5, 5.41) is 11.5. The van der Waals surface area contributed by atoms with Gasteiger partial charge in [0.25, 0.3) is 0 Å². The Morgan fingerprint density at radius 3 is 2.71 bits per heavy atom.